The molecule has 0 aliphatic carbocycles. The van der Waals surface area contributed by atoms with E-state index in [0.29, 0.717) is 12.4 Å². The minimum atomic E-state index is -0.818. The van der Waals surface area contributed by atoms with Crippen molar-refractivity contribution in [1.29, 1.82) is 5.26 Å². The van der Waals surface area contributed by atoms with Crippen LogP contribution >= 0.6 is 0 Å². The summed E-state index contributed by atoms with van der Waals surface area (Å²) in [6, 6.07) is 1.92. The van der Waals surface area contributed by atoms with Crippen LogP contribution in [-0.2, 0) is 15.5 Å². The SMILES string of the molecule is CC(C#N)OCCS(C)=O. The van der Waals surface area contributed by atoms with Gasteiger partial charge in [0.15, 0.2) is 0 Å². The van der Waals surface area contributed by atoms with Gasteiger partial charge in [-0.2, -0.15) is 5.26 Å². The third-order valence-corrected chi connectivity index (χ3v) is 1.66. The van der Waals surface area contributed by atoms with E-state index in [1.165, 1.54) is 0 Å². The smallest absolute Gasteiger partial charge is 0.141 e. The van der Waals surface area contributed by atoms with Gasteiger partial charge in [-0.15, -0.1) is 0 Å². The lowest BCUT2D eigenvalue weighted by Crippen LogP contribution is -2.11. The van der Waals surface area contributed by atoms with Crippen LogP contribution in [0, 0.1) is 11.3 Å². The summed E-state index contributed by atoms with van der Waals surface area (Å²) in [7, 11) is -0.818. The molecule has 58 valence electrons. The molecule has 0 radical (unpaired) electrons. The van der Waals surface area contributed by atoms with Crippen LogP contribution in [0.5, 0.6) is 0 Å². The van der Waals surface area contributed by atoms with E-state index in [1.807, 2.05) is 6.07 Å². The topological polar surface area (TPSA) is 50.1 Å². The van der Waals surface area contributed by atoms with Gasteiger partial charge in [0.25, 0.3) is 0 Å². The van der Waals surface area contributed by atoms with Crippen LogP contribution in [0.4, 0.5) is 0 Å². The third kappa shape index (κ3) is 5.73. The molecule has 0 saturated carbocycles. The second kappa shape index (κ2) is 5.39. The van der Waals surface area contributed by atoms with Gasteiger partial charge in [-0.3, -0.25) is 4.21 Å². The van der Waals surface area contributed by atoms with Crippen molar-refractivity contribution >= 4 is 10.8 Å². The predicted octanol–water partition coefficient (Wildman–Crippen LogP) is 0.294. The lowest BCUT2D eigenvalue weighted by Gasteiger charge is -2.02. The van der Waals surface area contributed by atoms with Crippen molar-refractivity contribution in [2.75, 3.05) is 18.6 Å². The van der Waals surface area contributed by atoms with Crippen LogP contribution in [0.2, 0.25) is 0 Å². The molecule has 0 spiro atoms. The Balaban J connectivity index is 3.22. The number of hydrogen-bond donors (Lipinski definition) is 0. The molecule has 10 heavy (non-hydrogen) atoms. The van der Waals surface area contributed by atoms with Gasteiger partial charge < -0.3 is 4.74 Å². The lowest BCUT2D eigenvalue weighted by atomic mass is 10.5. The van der Waals surface area contributed by atoms with E-state index in [9.17, 15) is 4.21 Å². The van der Waals surface area contributed by atoms with Crippen LogP contribution in [0.15, 0.2) is 0 Å². The summed E-state index contributed by atoms with van der Waals surface area (Å²) in [6.07, 6.45) is 1.23. The number of nitrogens with zero attached hydrogens (tertiary/aromatic N) is 1. The van der Waals surface area contributed by atoms with Gasteiger partial charge in [0, 0.05) is 22.8 Å². The van der Waals surface area contributed by atoms with E-state index < -0.39 is 10.8 Å². The molecular formula is C6H11NO2S. The second-order valence-corrected chi connectivity index (χ2v) is 3.47. The van der Waals surface area contributed by atoms with E-state index in [4.69, 9.17) is 10.00 Å². The first-order valence-corrected chi connectivity index (χ1v) is 4.70. The summed E-state index contributed by atoms with van der Waals surface area (Å²) in [6.45, 7) is 2.07. The largest absolute Gasteiger partial charge is 0.363 e. The standard InChI is InChI=1S/C6H11NO2S/c1-6(5-7)9-3-4-10(2)8/h6H,3-4H2,1-2H3. The fraction of sp³-hybridized carbons (Fsp3) is 0.833. The van der Waals surface area contributed by atoms with Gasteiger partial charge in [0.1, 0.15) is 6.10 Å². The van der Waals surface area contributed by atoms with Crippen LogP contribution in [0.1, 0.15) is 6.92 Å². The van der Waals surface area contributed by atoms with Crippen molar-refractivity contribution in [3.8, 4) is 6.07 Å². The maximum atomic E-state index is 10.5. The highest BCUT2D eigenvalue weighted by atomic mass is 32.2. The molecule has 0 heterocycles. The molecule has 0 rings (SSSR count). The highest BCUT2D eigenvalue weighted by Gasteiger charge is 1.98. The molecule has 3 nitrogen and oxygen atoms in total. The lowest BCUT2D eigenvalue weighted by molar-refractivity contribution is 0.116. The first kappa shape index (κ1) is 9.60. The molecule has 0 amide bonds. The van der Waals surface area contributed by atoms with Crippen molar-refractivity contribution in [2.24, 2.45) is 0 Å². The highest BCUT2D eigenvalue weighted by Crippen LogP contribution is 1.87. The molecule has 0 fully saturated rings. The third-order valence-electron chi connectivity index (χ3n) is 0.920. The molecule has 0 aliphatic heterocycles. The summed E-state index contributed by atoms with van der Waals surface area (Å²) < 4.78 is 15.4. The zero-order valence-corrected chi connectivity index (χ0v) is 6.98. The van der Waals surface area contributed by atoms with Gasteiger partial charge in [-0.25, -0.2) is 0 Å². The predicted molar refractivity (Wildman–Crippen MR) is 40.0 cm³/mol. The van der Waals surface area contributed by atoms with Gasteiger partial charge in [0.2, 0.25) is 0 Å². The molecule has 0 N–H and O–H groups in total. The summed E-state index contributed by atoms with van der Waals surface area (Å²) in [4.78, 5) is 0. The minimum Gasteiger partial charge on any atom is -0.363 e. The van der Waals surface area contributed by atoms with E-state index in [1.54, 1.807) is 13.2 Å². The van der Waals surface area contributed by atoms with Crippen LogP contribution in [0.25, 0.3) is 0 Å². The Labute approximate surface area is 63.4 Å². The Morgan fingerprint density at radius 2 is 2.40 bits per heavy atom. The van der Waals surface area contributed by atoms with Gasteiger partial charge >= 0.3 is 0 Å². The zero-order chi connectivity index (χ0) is 7.98. The normalized spacial score (nSPS) is 15.7. The summed E-state index contributed by atoms with van der Waals surface area (Å²) in [5.41, 5.74) is 0. The molecule has 0 aliphatic rings. The molecule has 2 unspecified atom stereocenters. The zero-order valence-electron chi connectivity index (χ0n) is 6.16. The Kier molecular flexibility index (Phi) is 5.17. The number of nitriles is 1. The molecule has 0 saturated heterocycles. The Hall–Kier alpha value is -0.400. The van der Waals surface area contributed by atoms with E-state index in [0.717, 1.165) is 0 Å². The van der Waals surface area contributed by atoms with Gasteiger partial charge in [0.05, 0.1) is 12.7 Å². The monoisotopic (exact) mass is 161 g/mol. The number of ether oxygens (including phenoxy) is 1. The molecular weight excluding hydrogens is 150 g/mol. The fourth-order valence-corrected chi connectivity index (χ4v) is 0.710. The van der Waals surface area contributed by atoms with Gasteiger partial charge in [-0.05, 0) is 6.92 Å². The Morgan fingerprint density at radius 3 is 2.80 bits per heavy atom. The molecule has 0 aromatic carbocycles. The van der Waals surface area contributed by atoms with Crippen molar-refractivity contribution in [3.63, 3.8) is 0 Å². The molecule has 2 atom stereocenters. The maximum absolute atomic E-state index is 10.5. The van der Waals surface area contributed by atoms with E-state index in [2.05, 4.69) is 0 Å². The average molecular weight is 161 g/mol. The first-order valence-electron chi connectivity index (χ1n) is 2.98. The van der Waals surface area contributed by atoms with Gasteiger partial charge in [-0.1, -0.05) is 0 Å². The number of hydrogen-bond acceptors (Lipinski definition) is 3. The van der Waals surface area contributed by atoms with E-state index >= 15 is 0 Å². The minimum absolute atomic E-state index is 0.386. The summed E-state index contributed by atoms with van der Waals surface area (Å²) >= 11 is 0. The van der Waals surface area contributed by atoms with Crippen LogP contribution < -0.4 is 0 Å². The van der Waals surface area contributed by atoms with Crippen LogP contribution in [0.3, 0.4) is 0 Å². The first-order chi connectivity index (χ1) is 4.66. The Morgan fingerprint density at radius 1 is 1.80 bits per heavy atom. The maximum Gasteiger partial charge on any atom is 0.141 e. The molecule has 0 bridgehead atoms. The van der Waals surface area contributed by atoms with Crippen molar-refractivity contribution in [3.05, 3.63) is 0 Å². The molecule has 4 heteroatoms. The molecule has 0 aromatic rings. The number of rotatable bonds is 4. The van der Waals surface area contributed by atoms with Crippen molar-refractivity contribution in [2.45, 2.75) is 13.0 Å². The Bertz CT molecular complexity index is 152. The second-order valence-electron chi connectivity index (χ2n) is 1.92. The highest BCUT2D eigenvalue weighted by molar-refractivity contribution is 7.84. The molecule has 0 aromatic heterocycles. The fourth-order valence-electron chi connectivity index (χ4n) is 0.380. The average Bonchev–Trinajstić information content (AvgIpc) is 1.87. The summed E-state index contributed by atoms with van der Waals surface area (Å²) in [5, 5.41) is 8.25. The summed E-state index contributed by atoms with van der Waals surface area (Å²) in [5.74, 6) is 0.506. The van der Waals surface area contributed by atoms with Crippen LogP contribution in [-0.4, -0.2) is 28.9 Å². The van der Waals surface area contributed by atoms with Crippen molar-refractivity contribution < 1.29 is 8.95 Å². The van der Waals surface area contributed by atoms with E-state index in [-0.39, 0.29) is 6.10 Å². The van der Waals surface area contributed by atoms with Crippen molar-refractivity contribution in [1.82, 2.24) is 0 Å². The quantitative estimate of drug-likeness (QED) is 0.595.